The number of hydrogen-bond acceptors (Lipinski definition) is 3. The zero-order chi connectivity index (χ0) is 25.2. The topological polar surface area (TPSA) is 58.6 Å². The van der Waals surface area contributed by atoms with E-state index in [1.54, 1.807) is 11.0 Å². The normalized spacial score (nSPS) is 12.5. The molecule has 2 atom stereocenters. The number of carbonyl (C=O) groups is 2. The summed E-state index contributed by atoms with van der Waals surface area (Å²) in [5.74, 6) is 0.113. The van der Waals surface area contributed by atoms with Crippen LogP contribution < -0.4 is 10.1 Å². The summed E-state index contributed by atoms with van der Waals surface area (Å²) in [5.41, 5.74) is 1.73. The molecule has 0 radical (unpaired) electrons. The van der Waals surface area contributed by atoms with Gasteiger partial charge in [0.25, 0.3) is 5.91 Å². The maximum Gasteiger partial charge on any atom is 0.261 e. The van der Waals surface area contributed by atoms with Crippen LogP contribution in [0.2, 0.25) is 5.02 Å². The molecule has 3 aromatic rings. The molecule has 0 aliphatic heterocycles. The van der Waals surface area contributed by atoms with Crippen molar-refractivity contribution in [2.24, 2.45) is 0 Å². The molecule has 184 valence electrons. The van der Waals surface area contributed by atoms with Gasteiger partial charge < -0.3 is 15.0 Å². The molecule has 0 unspecified atom stereocenters. The van der Waals surface area contributed by atoms with Crippen molar-refractivity contribution in [1.29, 1.82) is 0 Å². The van der Waals surface area contributed by atoms with E-state index < -0.39 is 6.04 Å². The maximum absolute atomic E-state index is 13.6. The smallest absolute Gasteiger partial charge is 0.261 e. The lowest BCUT2D eigenvalue weighted by Crippen LogP contribution is -2.53. The van der Waals surface area contributed by atoms with Crippen molar-refractivity contribution in [3.63, 3.8) is 0 Å². The Labute approximate surface area is 226 Å². The lowest BCUT2D eigenvalue weighted by molar-refractivity contribution is -0.143. The number of ether oxygens (including phenoxy) is 1. The lowest BCUT2D eigenvalue weighted by Gasteiger charge is -2.32. The van der Waals surface area contributed by atoms with E-state index in [1.807, 2.05) is 86.6 Å². The SMILES string of the molecule is CC[C@H](C)NC(=O)[C@@H](Cc1ccccc1)N(Cc1ccccc1Cl)C(=O)COc1ccc(I)cc1. The fourth-order valence-electron chi connectivity index (χ4n) is 3.56. The summed E-state index contributed by atoms with van der Waals surface area (Å²) in [6, 6.07) is 23.8. The van der Waals surface area contributed by atoms with Gasteiger partial charge >= 0.3 is 0 Å². The number of amides is 2. The van der Waals surface area contributed by atoms with E-state index in [4.69, 9.17) is 16.3 Å². The molecule has 0 saturated carbocycles. The van der Waals surface area contributed by atoms with E-state index in [-0.39, 0.29) is 31.0 Å². The molecule has 35 heavy (non-hydrogen) atoms. The Balaban J connectivity index is 1.91. The fraction of sp³-hybridized carbons (Fsp3) is 0.286. The third kappa shape index (κ3) is 8.25. The van der Waals surface area contributed by atoms with Gasteiger partial charge in [-0.15, -0.1) is 0 Å². The molecule has 2 amide bonds. The number of benzene rings is 3. The number of halogens is 2. The Hall–Kier alpha value is -2.58. The number of hydrogen-bond donors (Lipinski definition) is 1. The van der Waals surface area contributed by atoms with Crippen LogP contribution >= 0.6 is 34.2 Å². The number of nitrogens with one attached hydrogen (secondary N) is 1. The Morgan fingerprint density at radius 3 is 2.31 bits per heavy atom. The highest BCUT2D eigenvalue weighted by Crippen LogP contribution is 2.21. The average molecular weight is 605 g/mol. The summed E-state index contributed by atoms with van der Waals surface area (Å²) in [6.07, 6.45) is 1.17. The number of carbonyl (C=O) groups excluding carboxylic acids is 2. The molecular formula is C28H30ClIN2O3. The van der Waals surface area contributed by atoms with E-state index in [2.05, 4.69) is 27.9 Å². The van der Waals surface area contributed by atoms with Crippen LogP contribution in [-0.2, 0) is 22.6 Å². The van der Waals surface area contributed by atoms with E-state index in [0.717, 1.165) is 21.1 Å². The van der Waals surface area contributed by atoms with Gasteiger partial charge in [0, 0.05) is 27.6 Å². The Bertz CT molecular complexity index is 1110. The first kappa shape index (κ1) is 27.0. The van der Waals surface area contributed by atoms with E-state index in [1.165, 1.54) is 0 Å². The number of nitrogens with zero attached hydrogens (tertiary/aromatic N) is 1. The molecular weight excluding hydrogens is 575 g/mol. The van der Waals surface area contributed by atoms with Crippen LogP contribution in [0.25, 0.3) is 0 Å². The molecule has 0 saturated heterocycles. The van der Waals surface area contributed by atoms with Crippen LogP contribution in [0.1, 0.15) is 31.4 Å². The molecule has 0 fully saturated rings. The highest BCUT2D eigenvalue weighted by Gasteiger charge is 2.31. The molecule has 3 aromatic carbocycles. The number of rotatable bonds is 11. The van der Waals surface area contributed by atoms with Crippen LogP contribution in [-0.4, -0.2) is 35.4 Å². The van der Waals surface area contributed by atoms with E-state index in [0.29, 0.717) is 17.2 Å². The van der Waals surface area contributed by atoms with Crippen molar-refractivity contribution in [2.45, 2.75) is 45.3 Å². The quantitative estimate of drug-likeness (QED) is 0.278. The van der Waals surface area contributed by atoms with Crippen molar-refractivity contribution in [1.82, 2.24) is 10.2 Å². The summed E-state index contributed by atoms with van der Waals surface area (Å²) < 4.78 is 6.87. The zero-order valence-corrected chi connectivity index (χ0v) is 22.8. The second-order valence-electron chi connectivity index (χ2n) is 8.38. The molecule has 3 rings (SSSR count). The van der Waals surface area contributed by atoms with Gasteiger partial charge in [-0.1, -0.05) is 67.1 Å². The average Bonchev–Trinajstić information content (AvgIpc) is 2.87. The molecule has 0 bridgehead atoms. The lowest BCUT2D eigenvalue weighted by atomic mass is 10.0. The van der Waals surface area contributed by atoms with Crippen LogP contribution in [0, 0.1) is 3.57 Å². The molecule has 5 nitrogen and oxygen atoms in total. The summed E-state index contributed by atoms with van der Waals surface area (Å²) in [6.45, 7) is 3.98. The predicted octanol–water partition coefficient (Wildman–Crippen LogP) is 5.88. The predicted molar refractivity (Wildman–Crippen MR) is 148 cm³/mol. The molecule has 0 spiro atoms. The van der Waals surface area contributed by atoms with Crippen molar-refractivity contribution in [3.05, 3.63) is 98.6 Å². The molecule has 0 aliphatic carbocycles. The maximum atomic E-state index is 13.6. The minimum absolute atomic E-state index is 0.0129. The van der Waals surface area contributed by atoms with Gasteiger partial charge in [-0.05, 0) is 77.4 Å². The summed E-state index contributed by atoms with van der Waals surface area (Å²) >= 11 is 8.66. The summed E-state index contributed by atoms with van der Waals surface area (Å²) in [5, 5.41) is 3.60. The van der Waals surface area contributed by atoms with E-state index >= 15 is 0 Å². The third-order valence-corrected chi connectivity index (χ3v) is 6.83. The van der Waals surface area contributed by atoms with Gasteiger partial charge in [-0.3, -0.25) is 9.59 Å². The summed E-state index contributed by atoms with van der Waals surface area (Å²) in [7, 11) is 0. The van der Waals surface area contributed by atoms with Gasteiger partial charge in [-0.2, -0.15) is 0 Å². The van der Waals surface area contributed by atoms with Gasteiger partial charge in [-0.25, -0.2) is 0 Å². The van der Waals surface area contributed by atoms with Crippen LogP contribution in [0.4, 0.5) is 0 Å². The third-order valence-electron chi connectivity index (χ3n) is 5.75. The first-order valence-electron chi connectivity index (χ1n) is 11.6. The Kier molecular flexibility index (Phi) is 10.4. The first-order valence-corrected chi connectivity index (χ1v) is 13.1. The molecule has 0 aromatic heterocycles. The Morgan fingerprint density at radius 2 is 1.66 bits per heavy atom. The van der Waals surface area contributed by atoms with Crippen LogP contribution in [0.15, 0.2) is 78.9 Å². The van der Waals surface area contributed by atoms with Crippen LogP contribution in [0.5, 0.6) is 5.75 Å². The largest absolute Gasteiger partial charge is 0.484 e. The minimum Gasteiger partial charge on any atom is -0.484 e. The fourth-order valence-corrected chi connectivity index (χ4v) is 4.12. The van der Waals surface area contributed by atoms with Crippen LogP contribution in [0.3, 0.4) is 0 Å². The van der Waals surface area contributed by atoms with Gasteiger partial charge in [0.15, 0.2) is 6.61 Å². The second kappa shape index (κ2) is 13.5. The second-order valence-corrected chi connectivity index (χ2v) is 10.0. The minimum atomic E-state index is -0.726. The molecule has 7 heteroatoms. The van der Waals surface area contributed by atoms with Crippen molar-refractivity contribution in [3.8, 4) is 5.75 Å². The van der Waals surface area contributed by atoms with Crippen molar-refractivity contribution >= 4 is 46.0 Å². The van der Waals surface area contributed by atoms with Gasteiger partial charge in [0.2, 0.25) is 5.91 Å². The standard InChI is InChI=1S/C28H30ClIN2O3/c1-3-20(2)31-28(34)26(17-21-9-5-4-6-10-21)32(18-22-11-7-8-12-25(22)29)27(33)19-35-24-15-13-23(30)14-16-24/h4-16,20,26H,3,17-19H2,1-2H3,(H,31,34)/t20-,26+/m0/s1. The van der Waals surface area contributed by atoms with Gasteiger partial charge in [0.05, 0.1) is 0 Å². The monoisotopic (exact) mass is 604 g/mol. The van der Waals surface area contributed by atoms with Crippen molar-refractivity contribution < 1.29 is 14.3 Å². The van der Waals surface area contributed by atoms with E-state index in [9.17, 15) is 9.59 Å². The zero-order valence-electron chi connectivity index (χ0n) is 19.9. The Morgan fingerprint density at radius 1 is 1.00 bits per heavy atom. The summed E-state index contributed by atoms with van der Waals surface area (Å²) in [4.78, 5) is 28.6. The molecule has 1 N–H and O–H groups in total. The highest BCUT2D eigenvalue weighted by atomic mass is 127. The van der Waals surface area contributed by atoms with Crippen molar-refractivity contribution in [2.75, 3.05) is 6.61 Å². The first-order chi connectivity index (χ1) is 16.9. The van der Waals surface area contributed by atoms with Gasteiger partial charge in [0.1, 0.15) is 11.8 Å². The highest BCUT2D eigenvalue weighted by molar-refractivity contribution is 14.1. The molecule has 0 aliphatic rings. The molecule has 0 heterocycles.